The molecule has 0 aromatic heterocycles. The molecular formula is C10H22N2O2. The van der Waals surface area contributed by atoms with Crippen molar-refractivity contribution in [3.8, 4) is 0 Å². The first-order chi connectivity index (χ1) is 6.37. The molecule has 0 fully saturated rings. The Labute approximate surface area is 86.4 Å². The van der Waals surface area contributed by atoms with Gasteiger partial charge in [-0.1, -0.05) is 13.8 Å². The van der Waals surface area contributed by atoms with Crippen molar-refractivity contribution in [1.29, 1.82) is 0 Å². The average molecular weight is 202 g/mol. The SMILES string of the molecule is COC(C)(C)CNC(=O)CNC(C)C. The Bertz CT molecular complexity index is 179. The average Bonchev–Trinajstić information content (AvgIpc) is 2.11. The van der Waals surface area contributed by atoms with Crippen LogP contribution in [-0.2, 0) is 9.53 Å². The molecule has 0 bridgehead atoms. The monoisotopic (exact) mass is 202 g/mol. The van der Waals surface area contributed by atoms with Crippen LogP contribution in [0.15, 0.2) is 0 Å². The van der Waals surface area contributed by atoms with Crippen molar-refractivity contribution in [3.63, 3.8) is 0 Å². The van der Waals surface area contributed by atoms with Gasteiger partial charge in [0.25, 0.3) is 0 Å². The fourth-order valence-electron chi connectivity index (χ4n) is 0.743. The molecule has 2 N–H and O–H groups in total. The molecule has 0 rings (SSSR count). The molecule has 4 nitrogen and oxygen atoms in total. The van der Waals surface area contributed by atoms with E-state index in [9.17, 15) is 4.79 Å². The second kappa shape index (κ2) is 5.98. The predicted octanol–water partition coefficient (Wildman–Crippen LogP) is 0.526. The van der Waals surface area contributed by atoms with Gasteiger partial charge in [0.2, 0.25) is 5.91 Å². The summed E-state index contributed by atoms with van der Waals surface area (Å²) in [6.07, 6.45) is 0. The number of carbonyl (C=O) groups is 1. The second-order valence-electron chi connectivity index (χ2n) is 4.28. The first kappa shape index (κ1) is 13.4. The summed E-state index contributed by atoms with van der Waals surface area (Å²) in [6, 6.07) is 0.330. The van der Waals surface area contributed by atoms with Crippen LogP contribution in [0, 0.1) is 0 Å². The minimum absolute atomic E-state index is 0.00354. The maximum absolute atomic E-state index is 11.3. The summed E-state index contributed by atoms with van der Waals surface area (Å²) >= 11 is 0. The van der Waals surface area contributed by atoms with Crippen LogP contribution in [0.1, 0.15) is 27.7 Å². The number of carbonyl (C=O) groups excluding carboxylic acids is 1. The van der Waals surface area contributed by atoms with Crippen molar-refractivity contribution in [2.75, 3.05) is 20.2 Å². The standard InChI is InChI=1S/C10H22N2O2/c1-8(2)11-6-9(13)12-7-10(3,4)14-5/h8,11H,6-7H2,1-5H3,(H,12,13). The number of amides is 1. The van der Waals surface area contributed by atoms with Gasteiger partial charge < -0.3 is 15.4 Å². The summed E-state index contributed by atoms with van der Waals surface area (Å²) < 4.78 is 5.18. The predicted molar refractivity (Wildman–Crippen MR) is 57.2 cm³/mol. The van der Waals surface area contributed by atoms with E-state index in [2.05, 4.69) is 10.6 Å². The molecule has 0 aliphatic rings. The van der Waals surface area contributed by atoms with Crippen LogP contribution in [0.5, 0.6) is 0 Å². The van der Waals surface area contributed by atoms with Crippen molar-refractivity contribution in [1.82, 2.24) is 10.6 Å². The van der Waals surface area contributed by atoms with Crippen LogP contribution in [0.25, 0.3) is 0 Å². The first-order valence-electron chi connectivity index (χ1n) is 4.92. The minimum atomic E-state index is -0.298. The summed E-state index contributed by atoms with van der Waals surface area (Å²) in [5, 5.41) is 5.85. The van der Waals surface area contributed by atoms with E-state index >= 15 is 0 Å². The Morgan fingerprint density at radius 1 is 1.43 bits per heavy atom. The van der Waals surface area contributed by atoms with Crippen molar-refractivity contribution in [3.05, 3.63) is 0 Å². The van der Waals surface area contributed by atoms with Gasteiger partial charge in [-0.15, -0.1) is 0 Å². The minimum Gasteiger partial charge on any atom is -0.377 e. The molecule has 0 aromatic carbocycles. The quantitative estimate of drug-likeness (QED) is 0.660. The first-order valence-corrected chi connectivity index (χ1v) is 4.92. The zero-order valence-electron chi connectivity index (χ0n) is 9.81. The number of nitrogens with one attached hydrogen (secondary N) is 2. The molecule has 0 radical (unpaired) electrons. The molecule has 0 aromatic rings. The molecule has 0 saturated carbocycles. The highest BCUT2D eigenvalue weighted by atomic mass is 16.5. The molecule has 0 saturated heterocycles. The highest BCUT2D eigenvalue weighted by Gasteiger charge is 2.16. The largest absolute Gasteiger partial charge is 0.377 e. The van der Waals surface area contributed by atoms with Crippen LogP contribution in [0.3, 0.4) is 0 Å². The summed E-state index contributed by atoms with van der Waals surface area (Å²) in [5.41, 5.74) is -0.298. The van der Waals surface area contributed by atoms with Crippen molar-refractivity contribution < 1.29 is 9.53 Å². The molecule has 84 valence electrons. The van der Waals surface area contributed by atoms with Gasteiger partial charge in [-0.05, 0) is 13.8 Å². The molecule has 0 heterocycles. The van der Waals surface area contributed by atoms with E-state index in [0.29, 0.717) is 19.1 Å². The fourth-order valence-corrected chi connectivity index (χ4v) is 0.743. The normalized spacial score (nSPS) is 11.9. The van der Waals surface area contributed by atoms with Crippen molar-refractivity contribution in [2.24, 2.45) is 0 Å². The Morgan fingerprint density at radius 2 is 2.00 bits per heavy atom. The van der Waals surface area contributed by atoms with Gasteiger partial charge in [-0.3, -0.25) is 4.79 Å². The lowest BCUT2D eigenvalue weighted by Crippen LogP contribution is -2.44. The lowest BCUT2D eigenvalue weighted by molar-refractivity contribution is -0.121. The van der Waals surface area contributed by atoms with Crippen LogP contribution in [0.2, 0.25) is 0 Å². The molecule has 0 spiro atoms. The van der Waals surface area contributed by atoms with Gasteiger partial charge in [-0.2, -0.15) is 0 Å². The molecule has 14 heavy (non-hydrogen) atoms. The van der Waals surface area contributed by atoms with E-state index in [1.807, 2.05) is 27.7 Å². The van der Waals surface area contributed by atoms with Gasteiger partial charge in [-0.25, -0.2) is 0 Å². The molecular weight excluding hydrogens is 180 g/mol. The third-order valence-electron chi connectivity index (χ3n) is 1.93. The summed E-state index contributed by atoms with van der Waals surface area (Å²) in [7, 11) is 1.64. The lowest BCUT2D eigenvalue weighted by atomic mass is 10.1. The Morgan fingerprint density at radius 3 is 2.43 bits per heavy atom. The molecule has 0 unspecified atom stereocenters. The van der Waals surface area contributed by atoms with Crippen molar-refractivity contribution >= 4 is 5.91 Å². The van der Waals surface area contributed by atoms with E-state index in [-0.39, 0.29) is 11.5 Å². The number of ether oxygens (including phenoxy) is 1. The molecule has 0 atom stereocenters. The maximum atomic E-state index is 11.3. The number of hydrogen-bond donors (Lipinski definition) is 2. The van der Waals surface area contributed by atoms with E-state index in [0.717, 1.165) is 0 Å². The van der Waals surface area contributed by atoms with Crippen LogP contribution >= 0.6 is 0 Å². The third kappa shape index (κ3) is 6.86. The molecule has 4 heteroatoms. The highest BCUT2D eigenvalue weighted by molar-refractivity contribution is 5.78. The van der Waals surface area contributed by atoms with E-state index < -0.39 is 0 Å². The number of methoxy groups -OCH3 is 1. The van der Waals surface area contributed by atoms with Gasteiger partial charge in [0, 0.05) is 19.7 Å². The Hall–Kier alpha value is -0.610. The van der Waals surface area contributed by atoms with Crippen LogP contribution < -0.4 is 10.6 Å². The van der Waals surface area contributed by atoms with E-state index in [1.165, 1.54) is 0 Å². The van der Waals surface area contributed by atoms with E-state index in [4.69, 9.17) is 4.74 Å². The van der Waals surface area contributed by atoms with Crippen LogP contribution in [-0.4, -0.2) is 37.7 Å². The lowest BCUT2D eigenvalue weighted by Gasteiger charge is -2.23. The molecule has 0 aliphatic heterocycles. The fraction of sp³-hybridized carbons (Fsp3) is 0.900. The van der Waals surface area contributed by atoms with Gasteiger partial charge >= 0.3 is 0 Å². The zero-order chi connectivity index (χ0) is 11.2. The van der Waals surface area contributed by atoms with Crippen molar-refractivity contribution in [2.45, 2.75) is 39.3 Å². The van der Waals surface area contributed by atoms with E-state index in [1.54, 1.807) is 7.11 Å². The van der Waals surface area contributed by atoms with Crippen LogP contribution in [0.4, 0.5) is 0 Å². The summed E-state index contributed by atoms with van der Waals surface area (Å²) in [4.78, 5) is 11.3. The summed E-state index contributed by atoms with van der Waals surface area (Å²) in [6.45, 7) is 8.77. The number of hydrogen-bond acceptors (Lipinski definition) is 3. The topological polar surface area (TPSA) is 50.4 Å². The second-order valence-corrected chi connectivity index (χ2v) is 4.28. The third-order valence-corrected chi connectivity index (χ3v) is 1.93. The molecule has 1 amide bonds. The maximum Gasteiger partial charge on any atom is 0.234 e. The smallest absolute Gasteiger partial charge is 0.234 e. The highest BCUT2D eigenvalue weighted by Crippen LogP contribution is 2.04. The zero-order valence-corrected chi connectivity index (χ0v) is 9.81. The van der Waals surface area contributed by atoms with Gasteiger partial charge in [0.05, 0.1) is 12.1 Å². The Kier molecular flexibility index (Phi) is 5.72. The molecule has 0 aliphatic carbocycles. The number of rotatable bonds is 6. The van der Waals surface area contributed by atoms with Gasteiger partial charge in [0.15, 0.2) is 0 Å². The summed E-state index contributed by atoms with van der Waals surface area (Å²) in [5.74, 6) is 0.00354. The van der Waals surface area contributed by atoms with Gasteiger partial charge in [0.1, 0.15) is 0 Å². The Balaban J connectivity index is 3.64.